The summed E-state index contributed by atoms with van der Waals surface area (Å²) < 4.78 is 7.78. The van der Waals surface area contributed by atoms with E-state index in [1.807, 2.05) is 35.1 Å². The molecule has 1 aromatic heterocycles. The first-order valence-electron chi connectivity index (χ1n) is 6.79. The monoisotopic (exact) mass is 259 g/mol. The zero-order chi connectivity index (χ0) is 13.7. The van der Waals surface area contributed by atoms with Gasteiger partial charge in [-0.15, -0.1) is 0 Å². The highest BCUT2D eigenvalue weighted by Crippen LogP contribution is 2.29. The van der Waals surface area contributed by atoms with Crippen LogP contribution in [0, 0.1) is 0 Å². The van der Waals surface area contributed by atoms with Crippen molar-refractivity contribution in [3.05, 3.63) is 42.2 Å². The van der Waals surface area contributed by atoms with Gasteiger partial charge in [-0.2, -0.15) is 5.10 Å². The van der Waals surface area contributed by atoms with Crippen LogP contribution in [-0.2, 0) is 6.54 Å². The molecule has 2 N–H and O–H groups in total. The van der Waals surface area contributed by atoms with Gasteiger partial charge in [-0.05, 0) is 18.9 Å². The van der Waals surface area contributed by atoms with E-state index in [1.165, 1.54) is 0 Å². The lowest BCUT2D eigenvalue weighted by Gasteiger charge is -2.14. The van der Waals surface area contributed by atoms with Gasteiger partial charge in [0.15, 0.2) is 5.75 Å². The third-order valence-electron chi connectivity index (χ3n) is 3.05. The van der Waals surface area contributed by atoms with Crippen LogP contribution in [0.25, 0.3) is 0 Å². The van der Waals surface area contributed by atoms with E-state index in [0.29, 0.717) is 0 Å². The number of nitrogens with two attached hydrogens (primary N) is 1. The normalized spacial score (nSPS) is 12.4. The molecule has 0 saturated heterocycles. The summed E-state index contributed by atoms with van der Waals surface area (Å²) in [5.41, 5.74) is 7.14. The topological polar surface area (TPSA) is 53.1 Å². The molecule has 0 amide bonds. The summed E-state index contributed by atoms with van der Waals surface area (Å²) in [7, 11) is 0. The first kappa shape index (κ1) is 13.6. The van der Waals surface area contributed by atoms with E-state index in [0.717, 1.165) is 36.4 Å². The second-order valence-corrected chi connectivity index (χ2v) is 4.59. The van der Waals surface area contributed by atoms with Crippen LogP contribution in [-0.4, -0.2) is 9.78 Å². The molecule has 2 rings (SSSR count). The Balaban J connectivity index is 2.17. The fourth-order valence-corrected chi connectivity index (χ4v) is 1.98. The van der Waals surface area contributed by atoms with Gasteiger partial charge in [0, 0.05) is 18.2 Å². The molecule has 2 aromatic rings. The Hall–Kier alpha value is -1.81. The van der Waals surface area contributed by atoms with Crippen molar-refractivity contribution >= 4 is 0 Å². The van der Waals surface area contributed by atoms with Gasteiger partial charge in [-0.1, -0.05) is 32.0 Å². The smallest absolute Gasteiger partial charge is 0.165 e. The highest BCUT2D eigenvalue weighted by atomic mass is 16.5. The number of hydrogen-bond acceptors (Lipinski definition) is 3. The largest absolute Gasteiger partial charge is 0.454 e. The van der Waals surface area contributed by atoms with Crippen molar-refractivity contribution in [1.29, 1.82) is 0 Å². The molecule has 0 aliphatic rings. The van der Waals surface area contributed by atoms with Crippen molar-refractivity contribution in [3.8, 4) is 11.5 Å². The van der Waals surface area contributed by atoms with Crippen molar-refractivity contribution in [2.24, 2.45) is 5.73 Å². The van der Waals surface area contributed by atoms with Crippen molar-refractivity contribution in [2.45, 2.75) is 39.3 Å². The lowest BCUT2D eigenvalue weighted by molar-refractivity contribution is 0.467. The number of nitrogens with zero attached hydrogens (tertiary/aromatic N) is 2. The zero-order valence-corrected chi connectivity index (χ0v) is 11.5. The Morgan fingerprint density at radius 3 is 2.84 bits per heavy atom. The van der Waals surface area contributed by atoms with Crippen LogP contribution in [0.15, 0.2) is 36.7 Å². The molecule has 0 radical (unpaired) electrons. The van der Waals surface area contributed by atoms with E-state index >= 15 is 0 Å². The summed E-state index contributed by atoms with van der Waals surface area (Å²) in [5.74, 6) is 1.57. The summed E-state index contributed by atoms with van der Waals surface area (Å²) in [5, 5.41) is 4.26. The maximum atomic E-state index is 6.10. The van der Waals surface area contributed by atoms with Gasteiger partial charge in [0.2, 0.25) is 0 Å². The molecule has 1 atom stereocenters. The Bertz CT molecular complexity index is 522. The van der Waals surface area contributed by atoms with Gasteiger partial charge >= 0.3 is 0 Å². The maximum Gasteiger partial charge on any atom is 0.165 e. The predicted molar refractivity (Wildman–Crippen MR) is 76.3 cm³/mol. The van der Waals surface area contributed by atoms with E-state index in [2.05, 4.69) is 18.9 Å². The number of aryl methyl sites for hydroxylation is 1. The van der Waals surface area contributed by atoms with Crippen LogP contribution >= 0.6 is 0 Å². The maximum absolute atomic E-state index is 6.10. The Morgan fingerprint density at radius 2 is 2.11 bits per heavy atom. The molecule has 1 aromatic carbocycles. The molecule has 0 spiro atoms. The number of para-hydroxylation sites is 1. The van der Waals surface area contributed by atoms with Gasteiger partial charge in [0.1, 0.15) is 5.75 Å². The Morgan fingerprint density at radius 1 is 1.32 bits per heavy atom. The average molecular weight is 259 g/mol. The number of benzene rings is 1. The number of rotatable bonds is 6. The Labute approximate surface area is 114 Å². The highest BCUT2D eigenvalue weighted by Gasteiger charge is 2.11. The summed E-state index contributed by atoms with van der Waals surface area (Å²) in [6.07, 6.45) is 5.59. The predicted octanol–water partition coefficient (Wildman–Crippen LogP) is 3.50. The van der Waals surface area contributed by atoms with Gasteiger partial charge in [-0.3, -0.25) is 4.68 Å². The first-order chi connectivity index (χ1) is 9.24. The van der Waals surface area contributed by atoms with Gasteiger partial charge < -0.3 is 10.5 Å². The summed E-state index contributed by atoms with van der Waals surface area (Å²) in [6, 6.07) is 7.90. The van der Waals surface area contributed by atoms with Crippen LogP contribution in [0.3, 0.4) is 0 Å². The van der Waals surface area contributed by atoms with E-state index in [9.17, 15) is 0 Å². The van der Waals surface area contributed by atoms with Crippen molar-refractivity contribution in [1.82, 2.24) is 9.78 Å². The van der Waals surface area contributed by atoms with Crippen LogP contribution < -0.4 is 10.5 Å². The molecule has 0 unspecified atom stereocenters. The molecule has 19 heavy (non-hydrogen) atoms. The van der Waals surface area contributed by atoms with Crippen LogP contribution in [0.4, 0.5) is 0 Å². The average Bonchev–Trinajstić information content (AvgIpc) is 2.86. The number of hydrogen-bond donors (Lipinski definition) is 1. The molecule has 0 aliphatic heterocycles. The Kier molecular flexibility index (Phi) is 4.58. The van der Waals surface area contributed by atoms with Crippen LogP contribution in [0.1, 0.15) is 38.3 Å². The van der Waals surface area contributed by atoms with Gasteiger partial charge in [0.05, 0.1) is 12.4 Å². The second kappa shape index (κ2) is 6.38. The van der Waals surface area contributed by atoms with E-state index < -0.39 is 0 Å². The molecular weight excluding hydrogens is 238 g/mol. The minimum Gasteiger partial charge on any atom is -0.454 e. The van der Waals surface area contributed by atoms with Gasteiger partial charge in [-0.25, -0.2) is 0 Å². The third kappa shape index (κ3) is 3.35. The lowest BCUT2D eigenvalue weighted by atomic mass is 10.0. The SMILES string of the molecule is CCCn1cc(Oc2ccccc2[C@H](N)CC)cn1. The van der Waals surface area contributed by atoms with E-state index in [-0.39, 0.29) is 6.04 Å². The summed E-state index contributed by atoms with van der Waals surface area (Å²) in [4.78, 5) is 0. The lowest BCUT2D eigenvalue weighted by Crippen LogP contribution is -2.09. The van der Waals surface area contributed by atoms with Crippen LogP contribution in [0.2, 0.25) is 0 Å². The fraction of sp³-hybridized carbons (Fsp3) is 0.400. The van der Waals surface area contributed by atoms with Gasteiger partial charge in [0.25, 0.3) is 0 Å². The minimum atomic E-state index is 0.00175. The quantitative estimate of drug-likeness (QED) is 0.863. The zero-order valence-electron chi connectivity index (χ0n) is 11.5. The molecule has 1 heterocycles. The fourth-order valence-electron chi connectivity index (χ4n) is 1.98. The molecule has 0 fully saturated rings. The standard InChI is InChI=1S/C15H21N3O/c1-3-9-18-11-12(10-17-18)19-15-8-6-5-7-13(15)14(16)4-2/h5-8,10-11,14H,3-4,9,16H2,1-2H3/t14-/m1/s1. The molecular formula is C15H21N3O. The molecule has 4 heteroatoms. The number of ether oxygens (including phenoxy) is 1. The first-order valence-corrected chi connectivity index (χ1v) is 6.79. The molecule has 102 valence electrons. The van der Waals surface area contributed by atoms with Crippen molar-refractivity contribution < 1.29 is 4.74 Å². The minimum absolute atomic E-state index is 0.00175. The van der Waals surface area contributed by atoms with Crippen LogP contribution in [0.5, 0.6) is 11.5 Å². The third-order valence-corrected chi connectivity index (χ3v) is 3.05. The number of aromatic nitrogens is 2. The van der Waals surface area contributed by atoms with E-state index in [4.69, 9.17) is 10.5 Å². The van der Waals surface area contributed by atoms with Crippen molar-refractivity contribution in [2.75, 3.05) is 0 Å². The summed E-state index contributed by atoms with van der Waals surface area (Å²) >= 11 is 0. The molecule has 0 aliphatic carbocycles. The molecule has 4 nitrogen and oxygen atoms in total. The molecule has 0 saturated carbocycles. The highest BCUT2D eigenvalue weighted by molar-refractivity contribution is 5.38. The second-order valence-electron chi connectivity index (χ2n) is 4.59. The summed E-state index contributed by atoms with van der Waals surface area (Å²) in [6.45, 7) is 5.10. The van der Waals surface area contributed by atoms with E-state index in [1.54, 1.807) is 6.20 Å². The molecule has 0 bridgehead atoms. The van der Waals surface area contributed by atoms with Crippen molar-refractivity contribution in [3.63, 3.8) is 0 Å².